The number of likely N-dealkylation sites (tertiary alicyclic amines) is 1. The molecule has 2 heteroatoms. The Kier molecular flexibility index (Phi) is 7.53. The summed E-state index contributed by atoms with van der Waals surface area (Å²) in [5.74, 6) is 0.905. The van der Waals surface area contributed by atoms with E-state index in [-0.39, 0.29) is 0 Å². The van der Waals surface area contributed by atoms with E-state index in [0.717, 1.165) is 12.0 Å². The van der Waals surface area contributed by atoms with Gasteiger partial charge in [-0.3, -0.25) is 0 Å². The molecule has 1 N–H and O–H groups in total. The van der Waals surface area contributed by atoms with Crippen LogP contribution < -0.4 is 5.32 Å². The molecule has 1 heterocycles. The summed E-state index contributed by atoms with van der Waals surface area (Å²) in [7, 11) is 0. The topological polar surface area (TPSA) is 15.3 Å². The molecule has 1 aliphatic rings. The first-order valence-corrected chi connectivity index (χ1v) is 8.78. The Morgan fingerprint density at radius 1 is 1.10 bits per heavy atom. The van der Waals surface area contributed by atoms with Gasteiger partial charge in [0.05, 0.1) is 0 Å². The van der Waals surface area contributed by atoms with E-state index < -0.39 is 0 Å². The number of hydrogen-bond donors (Lipinski definition) is 1. The van der Waals surface area contributed by atoms with Gasteiger partial charge in [0.1, 0.15) is 0 Å². The molecule has 2 atom stereocenters. The van der Waals surface area contributed by atoms with E-state index in [4.69, 9.17) is 0 Å². The van der Waals surface area contributed by atoms with Gasteiger partial charge >= 0.3 is 0 Å². The van der Waals surface area contributed by atoms with Crippen LogP contribution in [0.1, 0.15) is 73.6 Å². The highest BCUT2D eigenvalue weighted by atomic mass is 15.1. The van der Waals surface area contributed by atoms with Gasteiger partial charge in [-0.15, -0.1) is 0 Å². The van der Waals surface area contributed by atoms with E-state index >= 15 is 0 Å². The maximum absolute atomic E-state index is 3.52. The van der Waals surface area contributed by atoms with Crippen molar-refractivity contribution >= 4 is 0 Å². The molecule has 20 heavy (non-hydrogen) atoms. The van der Waals surface area contributed by atoms with Gasteiger partial charge in [-0.1, -0.05) is 34.6 Å². The highest BCUT2D eigenvalue weighted by Gasteiger charge is 2.28. The monoisotopic (exact) mass is 282 g/mol. The third kappa shape index (κ3) is 6.58. The van der Waals surface area contributed by atoms with Crippen LogP contribution in [0, 0.1) is 11.3 Å². The molecule has 0 aromatic heterocycles. The van der Waals surface area contributed by atoms with Crippen LogP contribution in [0.15, 0.2) is 0 Å². The van der Waals surface area contributed by atoms with Gasteiger partial charge in [-0.05, 0) is 70.0 Å². The molecule has 0 aromatic carbocycles. The van der Waals surface area contributed by atoms with Crippen LogP contribution in [-0.4, -0.2) is 36.6 Å². The summed E-state index contributed by atoms with van der Waals surface area (Å²) >= 11 is 0. The van der Waals surface area contributed by atoms with Crippen molar-refractivity contribution in [2.45, 2.75) is 85.7 Å². The first kappa shape index (κ1) is 18.0. The van der Waals surface area contributed by atoms with Crippen LogP contribution in [0.25, 0.3) is 0 Å². The molecule has 0 bridgehead atoms. The van der Waals surface area contributed by atoms with E-state index in [1.54, 1.807) is 0 Å². The highest BCUT2D eigenvalue weighted by Crippen LogP contribution is 2.34. The van der Waals surface area contributed by atoms with Crippen molar-refractivity contribution in [3.63, 3.8) is 0 Å². The minimum Gasteiger partial charge on any atom is -0.315 e. The van der Waals surface area contributed by atoms with Crippen molar-refractivity contribution in [3.05, 3.63) is 0 Å². The average molecular weight is 283 g/mol. The van der Waals surface area contributed by atoms with E-state index in [1.165, 1.54) is 51.7 Å². The van der Waals surface area contributed by atoms with E-state index in [1.807, 2.05) is 0 Å². The lowest BCUT2D eigenvalue weighted by Gasteiger charge is -2.31. The Morgan fingerprint density at radius 3 is 2.40 bits per heavy atom. The van der Waals surface area contributed by atoms with Crippen LogP contribution in [-0.2, 0) is 0 Å². The molecule has 1 rings (SSSR count). The number of hydrogen-bond acceptors (Lipinski definition) is 2. The summed E-state index contributed by atoms with van der Waals surface area (Å²) in [6.45, 7) is 17.9. The molecule has 1 saturated heterocycles. The second kappa shape index (κ2) is 8.38. The zero-order valence-corrected chi connectivity index (χ0v) is 14.8. The predicted octanol–water partition coefficient (Wildman–Crippen LogP) is 4.30. The van der Waals surface area contributed by atoms with Crippen molar-refractivity contribution in [1.82, 2.24) is 10.2 Å². The van der Waals surface area contributed by atoms with Crippen LogP contribution in [0.3, 0.4) is 0 Å². The van der Waals surface area contributed by atoms with E-state index in [2.05, 4.69) is 51.8 Å². The first-order valence-electron chi connectivity index (χ1n) is 8.78. The van der Waals surface area contributed by atoms with Crippen molar-refractivity contribution < 1.29 is 0 Å². The fourth-order valence-corrected chi connectivity index (χ4v) is 3.40. The van der Waals surface area contributed by atoms with Crippen molar-refractivity contribution in [3.8, 4) is 0 Å². The molecule has 0 spiro atoms. The predicted molar refractivity (Wildman–Crippen MR) is 90.2 cm³/mol. The SMILES string of the molecule is CC(C)NCCCC(C)N1CCCC(C(C)(C)C)CC1. The van der Waals surface area contributed by atoms with Crippen LogP contribution in [0.4, 0.5) is 0 Å². The van der Waals surface area contributed by atoms with Crippen molar-refractivity contribution in [2.24, 2.45) is 11.3 Å². The Morgan fingerprint density at radius 2 is 1.80 bits per heavy atom. The van der Waals surface area contributed by atoms with Crippen LogP contribution in [0.5, 0.6) is 0 Å². The summed E-state index contributed by atoms with van der Waals surface area (Å²) in [5.41, 5.74) is 0.487. The smallest absolute Gasteiger partial charge is 0.00674 e. The molecule has 1 fully saturated rings. The van der Waals surface area contributed by atoms with Gasteiger partial charge in [0.2, 0.25) is 0 Å². The Labute approximate surface area is 127 Å². The standard InChI is InChI=1S/C18H38N2/c1-15(2)19-12-7-9-16(3)20-13-8-10-17(11-14-20)18(4,5)6/h15-17,19H,7-14H2,1-6H3. The Bertz CT molecular complexity index is 255. The summed E-state index contributed by atoms with van der Waals surface area (Å²) in [5, 5.41) is 3.52. The maximum Gasteiger partial charge on any atom is 0.00674 e. The highest BCUT2D eigenvalue weighted by molar-refractivity contribution is 4.80. The van der Waals surface area contributed by atoms with Crippen LogP contribution >= 0.6 is 0 Å². The van der Waals surface area contributed by atoms with Gasteiger partial charge in [0, 0.05) is 12.1 Å². The molecule has 0 radical (unpaired) electrons. The molecular weight excluding hydrogens is 244 g/mol. The summed E-state index contributed by atoms with van der Waals surface area (Å²) in [6, 6.07) is 1.37. The number of rotatable bonds is 6. The Balaban J connectivity index is 2.29. The minimum atomic E-state index is 0.487. The molecule has 1 aliphatic heterocycles. The fourth-order valence-electron chi connectivity index (χ4n) is 3.40. The third-order valence-electron chi connectivity index (χ3n) is 4.96. The number of nitrogens with one attached hydrogen (secondary N) is 1. The molecule has 2 unspecified atom stereocenters. The van der Waals surface area contributed by atoms with E-state index in [9.17, 15) is 0 Å². The molecule has 0 saturated carbocycles. The summed E-state index contributed by atoms with van der Waals surface area (Å²) in [4.78, 5) is 2.74. The van der Waals surface area contributed by atoms with E-state index in [0.29, 0.717) is 11.5 Å². The van der Waals surface area contributed by atoms with Gasteiger partial charge in [0.15, 0.2) is 0 Å². The minimum absolute atomic E-state index is 0.487. The van der Waals surface area contributed by atoms with Gasteiger partial charge < -0.3 is 10.2 Å². The molecule has 0 aliphatic carbocycles. The lowest BCUT2D eigenvalue weighted by Crippen LogP contribution is -2.35. The van der Waals surface area contributed by atoms with Gasteiger partial charge in [0.25, 0.3) is 0 Å². The first-order chi connectivity index (χ1) is 9.30. The van der Waals surface area contributed by atoms with Crippen molar-refractivity contribution in [2.75, 3.05) is 19.6 Å². The zero-order valence-electron chi connectivity index (χ0n) is 14.8. The zero-order chi connectivity index (χ0) is 15.2. The second-order valence-corrected chi connectivity index (χ2v) is 8.13. The largest absolute Gasteiger partial charge is 0.315 e. The molecular formula is C18H38N2. The average Bonchev–Trinajstić information content (AvgIpc) is 2.59. The molecule has 0 aromatic rings. The second-order valence-electron chi connectivity index (χ2n) is 8.13. The Hall–Kier alpha value is -0.0800. The summed E-state index contributed by atoms with van der Waals surface area (Å²) in [6.07, 6.45) is 6.83. The fraction of sp³-hybridized carbons (Fsp3) is 1.00. The quantitative estimate of drug-likeness (QED) is 0.731. The van der Waals surface area contributed by atoms with Gasteiger partial charge in [-0.2, -0.15) is 0 Å². The molecule has 0 amide bonds. The molecule has 120 valence electrons. The summed E-state index contributed by atoms with van der Waals surface area (Å²) < 4.78 is 0. The normalized spacial score (nSPS) is 23.9. The van der Waals surface area contributed by atoms with Gasteiger partial charge in [-0.25, -0.2) is 0 Å². The van der Waals surface area contributed by atoms with Crippen molar-refractivity contribution in [1.29, 1.82) is 0 Å². The lowest BCUT2D eigenvalue weighted by molar-refractivity contribution is 0.182. The number of nitrogens with zero attached hydrogens (tertiary/aromatic N) is 1. The molecule has 2 nitrogen and oxygen atoms in total. The third-order valence-corrected chi connectivity index (χ3v) is 4.96. The lowest BCUT2D eigenvalue weighted by atomic mass is 9.77. The maximum atomic E-state index is 3.52. The van der Waals surface area contributed by atoms with Crippen LogP contribution in [0.2, 0.25) is 0 Å².